The Morgan fingerprint density at radius 2 is 1.58 bits per heavy atom. The molecule has 5 aliphatic carbocycles. The number of carbonyl (C=O) groups excluding carboxylic acids is 3. The Kier molecular flexibility index (Phi) is 10.9. The van der Waals surface area contributed by atoms with Gasteiger partial charge in [-0.2, -0.15) is 0 Å². The van der Waals surface area contributed by atoms with Crippen LogP contribution in [-0.2, 0) is 30.5 Å². The first-order valence-corrected chi connectivity index (χ1v) is 21.2. The Hall–Kier alpha value is -2.71. The van der Waals surface area contributed by atoms with Crippen LogP contribution < -0.4 is 0 Å². The molecule has 304 valence electrons. The molecule has 2 N–H and O–H groups in total. The number of allylic oxidation sites excluding steroid dienone is 1. The molecular weight excluding hydrogens is 714 g/mol. The Labute approximate surface area is 334 Å². The number of carboxylic acid groups (broad SMARTS) is 1. The number of halogens is 1. The lowest BCUT2D eigenvalue weighted by molar-refractivity contribution is -0.235. The van der Waals surface area contributed by atoms with Crippen molar-refractivity contribution in [3.63, 3.8) is 0 Å². The van der Waals surface area contributed by atoms with Gasteiger partial charge in [0.1, 0.15) is 6.10 Å². The number of nitrogens with zero attached hydrogens (tertiary/aromatic N) is 1. The number of fused-ring (bicyclic) bond motifs is 7. The third kappa shape index (κ3) is 6.71. The zero-order valence-corrected chi connectivity index (χ0v) is 35.8. The number of amides is 1. The average Bonchev–Trinajstić information content (AvgIpc) is 3.40. The van der Waals surface area contributed by atoms with Gasteiger partial charge >= 0.3 is 11.9 Å². The quantitative estimate of drug-likeness (QED) is 0.227. The summed E-state index contributed by atoms with van der Waals surface area (Å²) >= 11 is 6.14. The molecule has 1 aromatic rings. The fraction of sp³-hybridized carbons (Fsp3) is 0.739. The number of Topliss-reactive ketones (excluding diaryl/α,β-unsaturated/α-hetero) is 1. The standard InChI is InChI=1S/C46H66ClNO7/c1-27(2)38-32(50)23-46(35(51)26-48(28(3)49)25-29-11-13-30(47)14-12-29)22-21-44(9)31(39(38)46)15-16-34-43(8)19-18-36(55-37(52)24-41(4,5)40(53)54)42(6,7)33(43)17-20-45(34,44)10/h11-14,27,31,33-36,51H,15-26H2,1-10H3,(H,53,54). The molecule has 0 heterocycles. The van der Waals surface area contributed by atoms with Crippen LogP contribution in [0.3, 0.4) is 0 Å². The van der Waals surface area contributed by atoms with E-state index >= 15 is 0 Å². The van der Waals surface area contributed by atoms with Crippen molar-refractivity contribution in [2.45, 2.75) is 152 Å². The maximum atomic E-state index is 14.2. The minimum Gasteiger partial charge on any atom is -0.481 e. The van der Waals surface area contributed by atoms with E-state index in [1.54, 1.807) is 25.7 Å². The fourth-order valence-electron chi connectivity index (χ4n) is 13.4. The molecule has 5 aliphatic rings. The maximum Gasteiger partial charge on any atom is 0.309 e. The Balaban J connectivity index is 1.29. The van der Waals surface area contributed by atoms with Gasteiger partial charge in [0, 0.05) is 42.3 Å². The normalized spacial score (nSPS) is 36.0. The lowest BCUT2D eigenvalue weighted by Crippen LogP contribution is -2.66. The molecule has 0 aliphatic heterocycles. The first-order chi connectivity index (χ1) is 25.4. The number of aliphatic carboxylic acids is 1. The van der Waals surface area contributed by atoms with E-state index in [0.717, 1.165) is 56.1 Å². The molecule has 0 spiro atoms. The molecule has 0 radical (unpaired) electrons. The summed E-state index contributed by atoms with van der Waals surface area (Å²) in [5, 5.41) is 22.7. The van der Waals surface area contributed by atoms with E-state index in [2.05, 4.69) is 48.5 Å². The first-order valence-electron chi connectivity index (χ1n) is 20.8. The topological polar surface area (TPSA) is 121 Å². The minimum absolute atomic E-state index is 0.00981. The van der Waals surface area contributed by atoms with Crippen molar-refractivity contribution in [1.29, 1.82) is 0 Å². The summed E-state index contributed by atoms with van der Waals surface area (Å²) in [5.41, 5.74) is 0.809. The van der Waals surface area contributed by atoms with Gasteiger partial charge in [0.2, 0.25) is 5.91 Å². The van der Waals surface area contributed by atoms with Crippen molar-refractivity contribution in [1.82, 2.24) is 4.90 Å². The number of carbonyl (C=O) groups is 4. The molecule has 0 aromatic heterocycles. The number of aliphatic hydroxyl groups is 1. The number of aliphatic hydroxyl groups excluding tert-OH is 1. The molecule has 6 rings (SSSR count). The molecule has 0 bridgehead atoms. The molecule has 1 amide bonds. The van der Waals surface area contributed by atoms with E-state index in [1.165, 1.54) is 5.57 Å². The molecular formula is C46H66ClNO7. The third-order valence-corrected chi connectivity index (χ3v) is 16.9. The second-order valence-corrected chi connectivity index (χ2v) is 21.0. The monoisotopic (exact) mass is 779 g/mol. The van der Waals surface area contributed by atoms with Crippen LogP contribution in [0.15, 0.2) is 35.4 Å². The predicted octanol–water partition coefficient (Wildman–Crippen LogP) is 9.44. The number of hydrogen-bond acceptors (Lipinski definition) is 6. The summed E-state index contributed by atoms with van der Waals surface area (Å²) < 4.78 is 6.16. The first kappa shape index (κ1) is 41.9. The van der Waals surface area contributed by atoms with Crippen LogP contribution in [0.1, 0.15) is 139 Å². The lowest BCUT2D eigenvalue weighted by Gasteiger charge is -2.72. The molecule has 4 saturated carbocycles. The van der Waals surface area contributed by atoms with Crippen LogP contribution in [-0.4, -0.2) is 57.5 Å². The Morgan fingerprint density at radius 3 is 2.18 bits per heavy atom. The van der Waals surface area contributed by atoms with E-state index in [9.17, 15) is 29.4 Å². The second-order valence-electron chi connectivity index (χ2n) is 20.6. The number of hydrogen-bond donors (Lipinski definition) is 2. The highest BCUT2D eigenvalue weighted by Gasteiger charge is 2.71. The van der Waals surface area contributed by atoms with Crippen LogP contribution in [0, 0.1) is 56.2 Å². The number of benzene rings is 1. The van der Waals surface area contributed by atoms with Crippen LogP contribution in [0.5, 0.6) is 0 Å². The van der Waals surface area contributed by atoms with Crippen LogP contribution >= 0.6 is 11.6 Å². The minimum atomic E-state index is -1.18. The SMILES string of the molecule is CC(=O)N(Cc1ccc(Cl)cc1)CC(O)C12CCC3(C)C(CCC4C5(C)CCC(OC(=O)CC(C)(C)C(=O)O)C(C)(C)C5CCC43C)C1=C(C(C)C)C(=O)C2. The van der Waals surface area contributed by atoms with Gasteiger partial charge in [-0.25, -0.2) is 0 Å². The summed E-state index contributed by atoms with van der Waals surface area (Å²) in [6.07, 6.45) is 6.35. The zero-order chi connectivity index (χ0) is 40.7. The number of ether oxygens (including phenoxy) is 1. The summed E-state index contributed by atoms with van der Waals surface area (Å²) in [5.74, 6) is -0.431. The molecule has 55 heavy (non-hydrogen) atoms. The third-order valence-electron chi connectivity index (χ3n) is 16.6. The van der Waals surface area contributed by atoms with Gasteiger partial charge in [-0.1, -0.05) is 77.8 Å². The van der Waals surface area contributed by atoms with Gasteiger partial charge in [-0.3, -0.25) is 19.2 Å². The lowest BCUT2D eigenvalue weighted by atomic mass is 9.33. The van der Waals surface area contributed by atoms with Crippen molar-refractivity contribution in [3.8, 4) is 0 Å². The average molecular weight is 780 g/mol. The van der Waals surface area contributed by atoms with Gasteiger partial charge in [0.15, 0.2) is 5.78 Å². The van der Waals surface area contributed by atoms with Gasteiger partial charge < -0.3 is 19.8 Å². The summed E-state index contributed by atoms with van der Waals surface area (Å²) in [6, 6.07) is 7.45. The molecule has 9 unspecified atom stereocenters. The van der Waals surface area contributed by atoms with E-state index in [1.807, 2.05) is 24.3 Å². The van der Waals surface area contributed by atoms with Crippen LogP contribution in [0.4, 0.5) is 0 Å². The van der Waals surface area contributed by atoms with E-state index in [4.69, 9.17) is 16.3 Å². The van der Waals surface area contributed by atoms with Crippen LogP contribution in [0.25, 0.3) is 0 Å². The Bertz CT molecular complexity index is 1750. The molecule has 1 aromatic carbocycles. The van der Waals surface area contributed by atoms with Gasteiger partial charge in [-0.05, 0) is 128 Å². The van der Waals surface area contributed by atoms with Crippen molar-refractivity contribution < 1.29 is 34.1 Å². The van der Waals surface area contributed by atoms with Crippen molar-refractivity contribution in [2.24, 2.45) is 56.2 Å². The molecule has 9 heteroatoms. The summed E-state index contributed by atoms with van der Waals surface area (Å²) in [4.78, 5) is 53.8. The van der Waals surface area contributed by atoms with Crippen molar-refractivity contribution in [2.75, 3.05) is 6.54 Å². The van der Waals surface area contributed by atoms with Crippen molar-refractivity contribution in [3.05, 3.63) is 46.0 Å². The van der Waals surface area contributed by atoms with Gasteiger partial charge in [0.25, 0.3) is 0 Å². The zero-order valence-electron chi connectivity index (χ0n) is 35.0. The number of rotatable bonds is 10. The number of esters is 1. The van der Waals surface area contributed by atoms with Crippen molar-refractivity contribution >= 4 is 35.2 Å². The van der Waals surface area contributed by atoms with E-state index in [-0.39, 0.29) is 64.3 Å². The highest BCUT2D eigenvalue weighted by atomic mass is 35.5. The molecule has 9 atom stereocenters. The number of carboxylic acids is 1. The summed E-state index contributed by atoms with van der Waals surface area (Å²) in [6.45, 7) is 21.5. The van der Waals surface area contributed by atoms with E-state index in [0.29, 0.717) is 36.2 Å². The second kappa shape index (κ2) is 14.3. The largest absolute Gasteiger partial charge is 0.481 e. The molecule has 0 saturated heterocycles. The maximum absolute atomic E-state index is 14.2. The van der Waals surface area contributed by atoms with Gasteiger partial charge in [-0.15, -0.1) is 0 Å². The highest BCUT2D eigenvalue weighted by Crippen LogP contribution is 2.77. The fourth-order valence-corrected chi connectivity index (χ4v) is 13.5. The Morgan fingerprint density at radius 1 is 0.927 bits per heavy atom. The molecule has 8 nitrogen and oxygen atoms in total. The highest BCUT2D eigenvalue weighted by molar-refractivity contribution is 6.30. The summed E-state index contributed by atoms with van der Waals surface area (Å²) in [7, 11) is 0. The van der Waals surface area contributed by atoms with Gasteiger partial charge in [0.05, 0.1) is 17.9 Å². The molecule has 4 fully saturated rings. The smallest absolute Gasteiger partial charge is 0.309 e. The number of ketones is 1. The predicted molar refractivity (Wildman–Crippen MR) is 214 cm³/mol. The van der Waals surface area contributed by atoms with E-state index < -0.39 is 28.9 Å². The van der Waals surface area contributed by atoms with Crippen LogP contribution in [0.2, 0.25) is 5.02 Å².